The Hall–Kier alpha value is -2.48. The summed E-state index contributed by atoms with van der Waals surface area (Å²) in [5, 5.41) is 2.91. The Kier molecular flexibility index (Phi) is 6.28. The minimum Gasteiger partial charge on any atom is -0.366 e. The fraction of sp³-hybridized carbons (Fsp3) is 0.550. The molecule has 7 nitrogen and oxygen atoms in total. The molecule has 152 valence electrons. The summed E-state index contributed by atoms with van der Waals surface area (Å²) in [6, 6.07) is 4.82. The summed E-state index contributed by atoms with van der Waals surface area (Å²) in [4.78, 5) is 41.0. The van der Waals surface area contributed by atoms with E-state index in [1.54, 1.807) is 29.0 Å². The molecule has 0 aromatic heterocycles. The number of nitrogens with one attached hydrogen (secondary N) is 1. The van der Waals surface area contributed by atoms with Crippen molar-refractivity contribution in [3.63, 3.8) is 0 Å². The number of halogens is 1. The van der Waals surface area contributed by atoms with Gasteiger partial charge in [0.1, 0.15) is 5.82 Å². The van der Waals surface area contributed by atoms with Gasteiger partial charge in [-0.25, -0.2) is 4.39 Å². The van der Waals surface area contributed by atoms with Crippen LogP contribution in [0, 0.1) is 5.82 Å². The van der Waals surface area contributed by atoms with Gasteiger partial charge in [0.05, 0.1) is 18.8 Å². The zero-order valence-electron chi connectivity index (χ0n) is 16.4. The average molecular weight is 390 g/mol. The van der Waals surface area contributed by atoms with Gasteiger partial charge < -0.3 is 15.1 Å². The van der Waals surface area contributed by atoms with Gasteiger partial charge in [0.2, 0.25) is 11.8 Å². The third-order valence-corrected chi connectivity index (χ3v) is 5.09. The largest absolute Gasteiger partial charge is 0.366 e. The molecule has 2 amide bonds. The van der Waals surface area contributed by atoms with Crippen LogP contribution in [-0.2, 0) is 9.59 Å². The van der Waals surface area contributed by atoms with Crippen LogP contribution in [0.25, 0.3) is 0 Å². The highest BCUT2D eigenvalue weighted by atomic mass is 19.1. The van der Waals surface area contributed by atoms with E-state index in [-0.39, 0.29) is 30.7 Å². The van der Waals surface area contributed by atoms with E-state index in [1.807, 2.05) is 4.90 Å². The van der Waals surface area contributed by atoms with E-state index in [2.05, 4.69) is 5.32 Å². The number of Topliss-reactive ketones (excluding diaryl/α,β-unsaturated/α-hetero) is 1. The number of ketones is 1. The Morgan fingerprint density at radius 3 is 2.39 bits per heavy atom. The lowest BCUT2D eigenvalue weighted by Gasteiger charge is -2.36. The summed E-state index contributed by atoms with van der Waals surface area (Å²) in [6.45, 7) is 3.83. The normalized spacial score (nSPS) is 17.0. The molecular formula is C20H27FN4O3. The van der Waals surface area contributed by atoms with Crippen LogP contribution >= 0.6 is 0 Å². The molecule has 0 atom stereocenters. The molecule has 1 aromatic carbocycles. The minimum absolute atomic E-state index is 0.0335. The molecule has 0 unspecified atom stereocenters. The molecule has 2 fully saturated rings. The van der Waals surface area contributed by atoms with Crippen molar-refractivity contribution in [3.05, 3.63) is 29.6 Å². The van der Waals surface area contributed by atoms with E-state index in [0.717, 1.165) is 12.8 Å². The van der Waals surface area contributed by atoms with Gasteiger partial charge in [0, 0.05) is 37.8 Å². The molecule has 28 heavy (non-hydrogen) atoms. The van der Waals surface area contributed by atoms with Gasteiger partial charge in [0.15, 0.2) is 5.78 Å². The van der Waals surface area contributed by atoms with Gasteiger partial charge in [-0.05, 0) is 45.0 Å². The van der Waals surface area contributed by atoms with Crippen molar-refractivity contribution in [3.8, 4) is 0 Å². The van der Waals surface area contributed by atoms with Crippen molar-refractivity contribution < 1.29 is 18.8 Å². The number of amides is 2. The van der Waals surface area contributed by atoms with Crippen molar-refractivity contribution >= 4 is 23.3 Å². The summed E-state index contributed by atoms with van der Waals surface area (Å²) >= 11 is 0. The smallest absolute Gasteiger partial charge is 0.236 e. The maximum Gasteiger partial charge on any atom is 0.236 e. The number of hydrogen-bond acceptors (Lipinski definition) is 5. The highest BCUT2D eigenvalue weighted by Gasteiger charge is 2.26. The third kappa shape index (κ3) is 5.28. The van der Waals surface area contributed by atoms with Gasteiger partial charge in [0.25, 0.3) is 0 Å². The Morgan fingerprint density at radius 1 is 1.14 bits per heavy atom. The average Bonchev–Trinajstić information content (AvgIpc) is 3.45. The van der Waals surface area contributed by atoms with E-state index >= 15 is 0 Å². The molecule has 0 bridgehead atoms. The van der Waals surface area contributed by atoms with Gasteiger partial charge >= 0.3 is 0 Å². The Bertz CT molecular complexity index is 758. The lowest BCUT2D eigenvalue weighted by atomic mass is 10.1. The van der Waals surface area contributed by atoms with E-state index in [9.17, 15) is 18.8 Å². The Balaban J connectivity index is 1.47. The number of hydrogen-bond donors (Lipinski definition) is 1. The van der Waals surface area contributed by atoms with Gasteiger partial charge in [-0.2, -0.15) is 0 Å². The fourth-order valence-corrected chi connectivity index (χ4v) is 3.31. The first-order valence-electron chi connectivity index (χ1n) is 9.64. The predicted molar refractivity (Wildman–Crippen MR) is 104 cm³/mol. The third-order valence-electron chi connectivity index (χ3n) is 5.09. The summed E-state index contributed by atoms with van der Waals surface area (Å²) in [5.41, 5.74) is 0.801. The zero-order chi connectivity index (χ0) is 20.3. The van der Waals surface area contributed by atoms with E-state index in [1.165, 1.54) is 13.0 Å². The van der Waals surface area contributed by atoms with Crippen LogP contribution in [0.2, 0.25) is 0 Å². The molecule has 0 spiro atoms. The zero-order valence-corrected chi connectivity index (χ0v) is 16.4. The van der Waals surface area contributed by atoms with Crippen LogP contribution in [0.1, 0.15) is 30.1 Å². The number of likely N-dealkylation sites (N-methyl/N-ethyl adjacent to an activating group) is 1. The van der Waals surface area contributed by atoms with Crippen molar-refractivity contribution in [2.75, 3.05) is 51.2 Å². The maximum atomic E-state index is 14.3. The first-order valence-corrected chi connectivity index (χ1v) is 9.64. The molecule has 1 saturated carbocycles. The number of carbonyl (C=O) groups excluding carboxylic acids is 3. The number of benzene rings is 1. The summed E-state index contributed by atoms with van der Waals surface area (Å²) in [7, 11) is 1.76. The first kappa shape index (κ1) is 20.3. The lowest BCUT2D eigenvalue weighted by Crippen LogP contribution is -2.51. The highest BCUT2D eigenvalue weighted by Crippen LogP contribution is 2.22. The topological polar surface area (TPSA) is 73.0 Å². The standard InChI is InChI=1S/C20H27FN4O3/c1-14(26)15-3-6-18(17(21)11-15)24-7-9-25(10-8-24)20(28)13-23(2)12-19(27)22-16-4-5-16/h3,6,11,16H,4-5,7-10,12-13H2,1-2H3,(H,22,27). The molecule has 1 aliphatic heterocycles. The molecule has 1 N–H and O–H groups in total. The predicted octanol–water partition coefficient (Wildman–Crippen LogP) is 0.887. The molecule has 8 heteroatoms. The van der Waals surface area contributed by atoms with Crippen LogP contribution in [0.3, 0.4) is 0 Å². The summed E-state index contributed by atoms with van der Waals surface area (Å²) < 4.78 is 14.3. The number of anilines is 1. The van der Waals surface area contributed by atoms with Crippen LogP contribution in [0.5, 0.6) is 0 Å². The van der Waals surface area contributed by atoms with Crippen LogP contribution in [-0.4, -0.2) is 79.8 Å². The first-order chi connectivity index (χ1) is 13.3. The minimum atomic E-state index is -0.422. The van der Waals surface area contributed by atoms with Gasteiger partial charge in [-0.15, -0.1) is 0 Å². The summed E-state index contributed by atoms with van der Waals surface area (Å²) in [5.74, 6) is -0.675. The molecule has 3 rings (SSSR count). The highest BCUT2D eigenvalue weighted by molar-refractivity contribution is 5.94. The SMILES string of the molecule is CC(=O)c1ccc(N2CCN(C(=O)CN(C)CC(=O)NC3CC3)CC2)c(F)c1. The lowest BCUT2D eigenvalue weighted by molar-refractivity contribution is -0.133. The second kappa shape index (κ2) is 8.68. The van der Waals surface area contributed by atoms with E-state index in [4.69, 9.17) is 0 Å². The molecule has 2 aliphatic rings. The van der Waals surface area contributed by atoms with E-state index < -0.39 is 5.82 Å². The molecule has 0 radical (unpaired) electrons. The Labute approximate surface area is 164 Å². The molecule has 1 aromatic rings. The van der Waals surface area contributed by atoms with Crippen LogP contribution in [0.4, 0.5) is 10.1 Å². The monoisotopic (exact) mass is 390 g/mol. The number of nitrogens with zero attached hydrogens (tertiary/aromatic N) is 3. The molecule has 1 saturated heterocycles. The van der Waals surface area contributed by atoms with Gasteiger partial charge in [-0.1, -0.05) is 0 Å². The molecule has 1 heterocycles. The van der Waals surface area contributed by atoms with Crippen molar-refractivity contribution in [2.45, 2.75) is 25.8 Å². The van der Waals surface area contributed by atoms with Crippen molar-refractivity contribution in [1.29, 1.82) is 0 Å². The van der Waals surface area contributed by atoms with Crippen LogP contribution < -0.4 is 10.2 Å². The Morgan fingerprint density at radius 2 is 1.82 bits per heavy atom. The van der Waals surface area contributed by atoms with E-state index in [0.29, 0.717) is 43.5 Å². The summed E-state index contributed by atoms with van der Waals surface area (Å²) in [6.07, 6.45) is 2.08. The number of carbonyl (C=O) groups is 3. The van der Waals surface area contributed by atoms with Gasteiger partial charge in [-0.3, -0.25) is 19.3 Å². The fourth-order valence-electron chi connectivity index (χ4n) is 3.31. The maximum absolute atomic E-state index is 14.3. The molecular weight excluding hydrogens is 363 g/mol. The second-order valence-corrected chi connectivity index (χ2v) is 7.60. The van der Waals surface area contributed by atoms with Crippen LogP contribution in [0.15, 0.2) is 18.2 Å². The second-order valence-electron chi connectivity index (χ2n) is 7.60. The number of rotatable bonds is 7. The quantitative estimate of drug-likeness (QED) is 0.700. The number of piperazine rings is 1. The van der Waals surface area contributed by atoms with Crippen molar-refractivity contribution in [2.24, 2.45) is 0 Å². The molecule has 1 aliphatic carbocycles. The van der Waals surface area contributed by atoms with Crippen molar-refractivity contribution in [1.82, 2.24) is 15.1 Å².